The number of halogens is 1. The molecular weight excluding hydrogens is 265 g/mol. The van der Waals surface area contributed by atoms with Crippen LogP contribution in [0.25, 0.3) is 0 Å². The highest BCUT2D eigenvalue weighted by Gasteiger charge is 2.25. The molecule has 0 aliphatic carbocycles. The summed E-state index contributed by atoms with van der Waals surface area (Å²) in [5.41, 5.74) is 2.15. The molecule has 1 aliphatic rings. The molecule has 21 heavy (non-hydrogen) atoms. The Morgan fingerprint density at radius 1 is 1.48 bits per heavy atom. The van der Waals surface area contributed by atoms with E-state index in [1.165, 1.54) is 19.4 Å². The average Bonchev–Trinajstić information content (AvgIpc) is 2.93. The van der Waals surface area contributed by atoms with Crippen molar-refractivity contribution in [1.29, 1.82) is 0 Å². The normalized spacial score (nSPS) is 20.7. The molecule has 1 aliphatic heterocycles. The Balaban J connectivity index is 2.16. The summed E-state index contributed by atoms with van der Waals surface area (Å²) in [7, 11) is 4.03. The summed E-state index contributed by atoms with van der Waals surface area (Å²) >= 11 is 0. The van der Waals surface area contributed by atoms with Gasteiger partial charge < -0.3 is 10.2 Å². The summed E-state index contributed by atoms with van der Waals surface area (Å²) in [5, 5.41) is 3.21. The highest BCUT2D eigenvalue weighted by molar-refractivity contribution is 5.54. The number of hydrogen-bond donors (Lipinski definition) is 1. The Kier molecular flexibility index (Phi) is 5.59. The summed E-state index contributed by atoms with van der Waals surface area (Å²) in [5.74, 6) is -0.166. The van der Waals surface area contributed by atoms with Crippen molar-refractivity contribution in [2.75, 3.05) is 38.6 Å². The van der Waals surface area contributed by atoms with E-state index in [0.717, 1.165) is 24.3 Å². The van der Waals surface area contributed by atoms with Crippen LogP contribution in [0, 0.1) is 5.82 Å². The van der Waals surface area contributed by atoms with Crippen LogP contribution in [0.3, 0.4) is 0 Å². The van der Waals surface area contributed by atoms with Crippen molar-refractivity contribution in [2.24, 2.45) is 0 Å². The predicted molar refractivity (Wildman–Crippen MR) is 87.4 cm³/mol. The first kappa shape index (κ1) is 16.2. The third-order valence-corrected chi connectivity index (χ3v) is 4.69. The van der Waals surface area contributed by atoms with E-state index in [9.17, 15) is 4.39 Å². The molecule has 1 aromatic carbocycles. The summed E-state index contributed by atoms with van der Waals surface area (Å²) in [4.78, 5) is 4.82. The Bertz CT molecular complexity index is 463. The van der Waals surface area contributed by atoms with Gasteiger partial charge in [0.2, 0.25) is 0 Å². The largest absolute Gasteiger partial charge is 0.373 e. The van der Waals surface area contributed by atoms with Crippen LogP contribution in [0.5, 0.6) is 0 Å². The maximum absolute atomic E-state index is 13.6. The van der Waals surface area contributed by atoms with E-state index in [0.29, 0.717) is 6.04 Å². The van der Waals surface area contributed by atoms with Crippen molar-refractivity contribution >= 4 is 5.69 Å². The van der Waals surface area contributed by atoms with Crippen molar-refractivity contribution in [3.63, 3.8) is 0 Å². The van der Waals surface area contributed by atoms with E-state index in [2.05, 4.69) is 36.0 Å². The zero-order valence-electron chi connectivity index (χ0n) is 13.7. The Morgan fingerprint density at radius 2 is 2.24 bits per heavy atom. The molecule has 1 fully saturated rings. The van der Waals surface area contributed by atoms with Crippen LogP contribution in [0.15, 0.2) is 18.2 Å². The van der Waals surface area contributed by atoms with Gasteiger partial charge in [0.25, 0.3) is 0 Å². The minimum Gasteiger partial charge on any atom is -0.373 e. The summed E-state index contributed by atoms with van der Waals surface area (Å²) in [6.45, 7) is 7.62. The van der Waals surface area contributed by atoms with Crippen LogP contribution in [-0.2, 0) is 0 Å². The van der Waals surface area contributed by atoms with Gasteiger partial charge in [0.1, 0.15) is 5.82 Å². The van der Waals surface area contributed by atoms with Crippen molar-refractivity contribution in [1.82, 2.24) is 10.2 Å². The van der Waals surface area contributed by atoms with Crippen LogP contribution < -0.4 is 10.2 Å². The number of rotatable bonds is 6. The molecule has 2 rings (SSSR count). The van der Waals surface area contributed by atoms with E-state index in [1.807, 2.05) is 13.1 Å². The van der Waals surface area contributed by atoms with Gasteiger partial charge in [-0.25, -0.2) is 4.39 Å². The first-order valence-corrected chi connectivity index (χ1v) is 7.98. The van der Waals surface area contributed by atoms with Gasteiger partial charge in [-0.2, -0.15) is 0 Å². The first-order chi connectivity index (χ1) is 10.1. The minimum absolute atomic E-state index is 0.143. The van der Waals surface area contributed by atoms with E-state index in [1.54, 1.807) is 12.1 Å². The van der Waals surface area contributed by atoms with Gasteiger partial charge in [0.15, 0.2) is 0 Å². The number of nitrogens with one attached hydrogen (secondary N) is 1. The van der Waals surface area contributed by atoms with Gasteiger partial charge in [0, 0.05) is 31.4 Å². The maximum atomic E-state index is 13.6. The second-order valence-corrected chi connectivity index (χ2v) is 6.02. The van der Waals surface area contributed by atoms with E-state index in [-0.39, 0.29) is 11.9 Å². The molecule has 0 spiro atoms. The molecule has 3 nitrogen and oxygen atoms in total. The fraction of sp³-hybridized carbons (Fsp3) is 0.647. The predicted octanol–water partition coefficient (Wildman–Crippen LogP) is 3.03. The Hall–Kier alpha value is -1.13. The lowest BCUT2D eigenvalue weighted by Gasteiger charge is -2.31. The fourth-order valence-corrected chi connectivity index (χ4v) is 3.31. The second kappa shape index (κ2) is 7.23. The lowest BCUT2D eigenvalue weighted by Crippen LogP contribution is -2.39. The SMILES string of the molecule is CCN1CCCC1CN(C)c1ccc(F)cc1C(C)NC. The molecule has 1 aromatic rings. The molecule has 0 saturated carbocycles. The monoisotopic (exact) mass is 293 g/mol. The molecule has 1 heterocycles. The minimum atomic E-state index is -0.166. The molecular formula is C17H28FN3. The van der Waals surface area contributed by atoms with Crippen LogP contribution in [0.2, 0.25) is 0 Å². The van der Waals surface area contributed by atoms with Crippen molar-refractivity contribution in [3.8, 4) is 0 Å². The molecule has 118 valence electrons. The summed E-state index contributed by atoms with van der Waals surface area (Å²) in [6.07, 6.45) is 2.55. The number of likely N-dealkylation sites (tertiary alicyclic amines) is 1. The number of nitrogens with zero attached hydrogens (tertiary/aromatic N) is 2. The zero-order valence-corrected chi connectivity index (χ0v) is 13.7. The van der Waals surface area contributed by atoms with Gasteiger partial charge in [0.05, 0.1) is 0 Å². The summed E-state index contributed by atoms with van der Waals surface area (Å²) < 4.78 is 13.6. The molecule has 1 N–H and O–H groups in total. The van der Waals surface area contributed by atoms with Crippen LogP contribution in [0.4, 0.5) is 10.1 Å². The molecule has 1 saturated heterocycles. The van der Waals surface area contributed by atoms with Crippen molar-refractivity contribution in [2.45, 2.75) is 38.8 Å². The zero-order chi connectivity index (χ0) is 15.4. The van der Waals surface area contributed by atoms with E-state index < -0.39 is 0 Å². The Labute approximate surface area is 128 Å². The lowest BCUT2D eigenvalue weighted by atomic mass is 10.0. The molecule has 2 unspecified atom stereocenters. The third-order valence-electron chi connectivity index (χ3n) is 4.69. The van der Waals surface area contributed by atoms with Gasteiger partial charge in [-0.1, -0.05) is 6.92 Å². The first-order valence-electron chi connectivity index (χ1n) is 7.98. The lowest BCUT2D eigenvalue weighted by molar-refractivity contribution is 0.270. The highest BCUT2D eigenvalue weighted by atomic mass is 19.1. The third kappa shape index (κ3) is 3.74. The van der Waals surface area contributed by atoms with Crippen LogP contribution in [-0.4, -0.2) is 44.7 Å². The van der Waals surface area contributed by atoms with Crippen molar-refractivity contribution in [3.05, 3.63) is 29.6 Å². The molecule has 4 heteroatoms. The van der Waals surface area contributed by atoms with Gasteiger partial charge >= 0.3 is 0 Å². The van der Waals surface area contributed by atoms with Crippen LogP contribution >= 0.6 is 0 Å². The maximum Gasteiger partial charge on any atom is 0.123 e. The summed E-state index contributed by atoms with van der Waals surface area (Å²) in [6, 6.07) is 5.87. The molecule has 0 aromatic heterocycles. The van der Waals surface area contributed by atoms with Crippen molar-refractivity contribution < 1.29 is 4.39 Å². The van der Waals surface area contributed by atoms with Gasteiger partial charge in [-0.15, -0.1) is 0 Å². The number of likely N-dealkylation sites (N-methyl/N-ethyl adjacent to an activating group) is 2. The molecule has 0 amide bonds. The molecule has 2 atom stereocenters. The molecule has 0 bridgehead atoms. The van der Waals surface area contributed by atoms with E-state index >= 15 is 0 Å². The molecule has 0 radical (unpaired) electrons. The van der Waals surface area contributed by atoms with Gasteiger partial charge in [-0.3, -0.25) is 4.90 Å². The van der Waals surface area contributed by atoms with Crippen LogP contribution in [0.1, 0.15) is 38.3 Å². The Morgan fingerprint density at radius 3 is 2.90 bits per heavy atom. The quantitative estimate of drug-likeness (QED) is 0.870. The average molecular weight is 293 g/mol. The standard InChI is InChI=1S/C17H28FN3/c1-5-21-10-6-7-15(21)12-20(4)17-9-8-14(18)11-16(17)13(2)19-3/h8-9,11,13,15,19H,5-7,10,12H2,1-4H3. The number of hydrogen-bond acceptors (Lipinski definition) is 3. The highest BCUT2D eigenvalue weighted by Crippen LogP contribution is 2.28. The number of anilines is 1. The fourth-order valence-electron chi connectivity index (χ4n) is 3.31. The van der Waals surface area contributed by atoms with Gasteiger partial charge in [-0.05, 0) is 63.7 Å². The smallest absolute Gasteiger partial charge is 0.123 e. The number of benzene rings is 1. The van der Waals surface area contributed by atoms with E-state index in [4.69, 9.17) is 0 Å². The topological polar surface area (TPSA) is 18.5 Å². The second-order valence-electron chi connectivity index (χ2n) is 6.02.